The molecule has 4 N–H and O–H groups in total. The number of guanidine groups is 1. The maximum absolute atomic E-state index is 5.89. The van der Waals surface area contributed by atoms with Gasteiger partial charge >= 0.3 is 0 Å². The second-order valence-corrected chi connectivity index (χ2v) is 5.41. The molecule has 24 heavy (non-hydrogen) atoms. The van der Waals surface area contributed by atoms with E-state index in [0.717, 1.165) is 22.5 Å². The Hall–Kier alpha value is -3.16. The lowest BCUT2D eigenvalue weighted by Gasteiger charge is -2.07. The molecule has 0 aliphatic rings. The fraction of sp³-hybridized carbons (Fsp3) is 0.250. The summed E-state index contributed by atoms with van der Waals surface area (Å²) in [4.78, 5) is 12.7. The number of nitrogens with zero attached hydrogens (tertiary/aromatic N) is 5. The third-order valence-corrected chi connectivity index (χ3v) is 3.54. The fourth-order valence-electron chi connectivity index (χ4n) is 2.28. The molecule has 0 saturated carbocycles. The van der Waals surface area contributed by atoms with Gasteiger partial charge in [0.2, 0.25) is 0 Å². The van der Waals surface area contributed by atoms with E-state index in [2.05, 4.69) is 30.7 Å². The highest BCUT2D eigenvalue weighted by Crippen LogP contribution is 2.17. The molecule has 3 rings (SSSR count). The second kappa shape index (κ2) is 6.95. The van der Waals surface area contributed by atoms with Crippen molar-refractivity contribution in [1.29, 1.82) is 0 Å². The minimum Gasteiger partial charge on any atom is -0.370 e. The maximum atomic E-state index is 5.89. The average molecular weight is 324 g/mol. The summed E-state index contributed by atoms with van der Waals surface area (Å²) >= 11 is 0. The topological polar surface area (TPSA) is 106 Å². The number of fused-ring (bicyclic) bond motifs is 1. The SMILES string of the molecule is Cc1ccc(NC(N)=NCCNc2ncnc3c2cnn3C)cc1. The first-order valence-electron chi connectivity index (χ1n) is 7.63. The number of anilines is 2. The van der Waals surface area contributed by atoms with Crippen LogP contribution in [0.5, 0.6) is 0 Å². The van der Waals surface area contributed by atoms with Crippen molar-refractivity contribution in [3.8, 4) is 0 Å². The molecule has 0 aliphatic carbocycles. The zero-order chi connectivity index (χ0) is 16.9. The predicted molar refractivity (Wildman–Crippen MR) is 96.1 cm³/mol. The van der Waals surface area contributed by atoms with Gasteiger partial charge in [-0.15, -0.1) is 0 Å². The summed E-state index contributed by atoms with van der Waals surface area (Å²) in [6, 6.07) is 7.98. The number of aromatic nitrogens is 4. The molecule has 1 aromatic carbocycles. The monoisotopic (exact) mass is 324 g/mol. The van der Waals surface area contributed by atoms with Crippen molar-refractivity contribution in [2.45, 2.75) is 6.92 Å². The number of hydrogen-bond acceptors (Lipinski definition) is 5. The summed E-state index contributed by atoms with van der Waals surface area (Å²) in [5.74, 6) is 1.13. The van der Waals surface area contributed by atoms with Gasteiger partial charge in [0.1, 0.15) is 12.1 Å². The molecule has 0 bridgehead atoms. The Balaban J connectivity index is 1.54. The van der Waals surface area contributed by atoms with Crippen LogP contribution in [0.25, 0.3) is 11.0 Å². The summed E-state index contributed by atoms with van der Waals surface area (Å²) in [5, 5.41) is 11.4. The lowest BCUT2D eigenvalue weighted by atomic mass is 10.2. The van der Waals surface area contributed by atoms with Crippen molar-refractivity contribution in [3.05, 3.63) is 42.4 Å². The van der Waals surface area contributed by atoms with Crippen LogP contribution < -0.4 is 16.4 Å². The van der Waals surface area contributed by atoms with Crippen molar-refractivity contribution in [2.75, 3.05) is 23.7 Å². The fourth-order valence-corrected chi connectivity index (χ4v) is 2.28. The largest absolute Gasteiger partial charge is 0.370 e. The van der Waals surface area contributed by atoms with Gasteiger partial charge in [0.25, 0.3) is 0 Å². The molecule has 0 unspecified atom stereocenters. The van der Waals surface area contributed by atoms with Gasteiger partial charge in [-0.05, 0) is 19.1 Å². The molecule has 0 radical (unpaired) electrons. The van der Waals surface area contributed by atoms with Gasteiger partial charge in [0, 0.05) is 19.3 Å². The minimum absolute atomic E-state index is 0.384. The smallest absolute Gasteiger partial charge is 0.193 e. The lowest BCUT2D eigenvalue weighted by molar-refractivity contribution is 0.785. The van der Waals surface area contributed by atoms with Crippen molar-refractivity contribution >= 4 is 28.5 Å². The van der Waals surface area contributed by atoms with E-state index < -0.39 is 0 Å². The van der Waals surface area contributed by atoms with Crippen LogP contribution in [-0.2, 0) is 7.05 Å². The highest BCUT2D eigenvalue weighted by Gasteiger charge is 2.06. The molecule has 0 spiro atoms. The number of aryl methyl sites for hydroxylation is 2. The van der Waals surface area contributed by atoms with Crippen LogP contribution in [0.1, 0.15) is 5.56 Å². The third kappa shape index (κ3) is 3.60. The van der Waals surface area contributed by atoms with Crippen molar-refractivity contribution < 1.29 is 0 Å². The summed E-state index contributed by atoms with van der Waals surface area (Å²) in [7, 11) is 1.85. The predicted octanol–water partition coefficient (Wildman–Crippen LogP) is 1.51. The van der Waals surface area contributed by atoms with Crippen LogP contribution >= 0.6 is 0 Å². The highest BCUT2D eigenvalue weighted by molar-refractivity contribution is 5.92. The molecule has 8 heteroatoms. The Labute approximate surface area is 139 Å². The van der Waals surface area contributed by atoms with Crippen LogP contribution in [0, 0.1) is 6.92 Å². The Bertz CT molecular complexity index is 850. The molecule has 0 aliphatic heterocycles. The van der Waals surface area contributed by atoms with E-state index in [1.807, 2.05) is 38.2 Å². The minimum atomic E-state index is 0.384. The van der Waals surface area contributed by atoms with Crippen LogP contribution in [0.15, 0.2) is 41.8 Å². The molecular weight excluding hydrogens is 304 g/mol. The van der Waals surface area contributed by atoms with Gasteiger partial charge in [-0.1, -0.05) is 17.7 Å². The van der Waals surface area contributed by atoms with E-state index in [1.165, 1.54) is 11.9 Å². The first kappa shape index (κ1) is 15.7. The van der Waals surface area contributed by atoms with Crippen LogP contribution in [0.3, 0.4) is 0 Å². The number of rotatable bonds is 5. The van der Waals surface area contributed by atoms with Crippen molar-refractivity contribution in [2.24, 2.45) is 17.8 Å². The van der Waals surface area contributed by atoms with E-state index in [0.29, 0.717) is 19.0 Å². The Morgan fingerprint density at radius 1 is 1.25 bits per heavy atom. The molecule has 2 heterocycles. The molecule has 0 fully saturated rings. The zero-order valence-corrected chi connectivity index (χ0v) is 13.7. The van der Waals surface area contributed by atoms with E-state index in [1.54, 1.807) is 10.9 Å². The quantitative estimate of drug-likeness (QED) is 0.373. The lowest BCUT2D eigenvalue weighted by Crippen LogP contribution is -2.23. The van der Waals surface area contributed by atoms with Gasteiger partial charge in [0.05, 0.1) is 18.1 Å². The van der Waals surface area contributed by atoms with Crippen molar-refractivity contribution in [3.63, 3.8) is 0 Å². The number of aliphatic imine (C=N–C) groups is 1. The number of hydrogen-bond donors (Lipinski definition) is 3. The zero-order valence-electron chi connectivity index (χ0n) is 13.7. The Morgan fingerprint density at radius 2 is 2.04 bits per heavy atom. The Kier molecular flexibility index (Phi) is 4.55. The number of benzene rings is 1. The van der Waals surface area contributed by atoms with E-state index in [-0.39, 0.29) is 0 Å². The maximum Gasteiger partial charge on any atom is 0.193 e. The van der Waals surface area contributed by atoms with Gasteiger partial charge in [-0.2, -0.15) is 5.10 Å². The molecule has 0 amide bonds. The normalized spacial score (nSPS) is 11.7. The van der Waals surface area contributed by atoms with Gasteiger partial charge in [-0.25, -0.2) is 9.97 Å². The summed E-state index contributed by atoms with van der Waals surface area (Å²) in [6.45, 7) is 3.17. The average Bonchev–Trinajstić information content (AvgIpc) is 2.96. The second-order valence-electron chi connectivity index (χ2n) is 5.41. The molecule has 8 nitrogen and oxygen atoms in total. The number of nitrogens with one attached hydrogen (secondary N) is 2. The highest BCUT2D eigenvalue weighted by atomic mass is 15.3. The van der Waals surface area contributed by atoms with Crippen molar-refractivity contribution in [1.82, 2.24) is 19.7 Å². The molecule has 2 aromatic heterocycles. The summed E-state index contributed by atoms with van der Waals surface area (Å²) in [5.41, 5.74) is 8.80. The molecule has 3 aromatic rings. The van der Waals surface area contributed by atoms with E-state index in [9.17, 15) is 0 Å². The standard InChI is InChI=1S/C16H20N8/c1-11-3-5-12(6-4-11)23-16(17)19-8-7-18-14-13-9-22-24(2)15(13)21-10-20-14/h3-6,9-10H,7-8H2,1-2H3,(H3,17,19,23)(H,18,20,21). The van der Waals surface area contributed by atoms with Gasteiger partial charge in [0.15, 0.2) is 11.6 Å². The third-order valence-electron chi connectivity index (χ3n) is 3.54. The molecule has 0 atom stereocenters. The summed E-state index contributed by atoms with van der Waals surface area (Å²) in [6.07, 6.45) is 3.26. The van der Waals surface area contributed by atoms with Crippen LogP contribution in [-0.4, -0.2) is 38.8 Å². The van der Waals surface area contributed by atoms with Gasteiger partial charge in [-0.3, -0.25) is 9.67 Å². The van der Waals surface area contributed by atoms with E-state index >= 15 is 0 Å². The van der Waals surface area contributed by atoms with Crippen LogP contribution in [0.4, 0.5) is 11.5 Å². The molecule has 0 saturated heterocycles. The molecule has 124 valence electrons. The van der Waals surface area contributed by atoms with E-state index in [4.69, 9.17) is 5.73 Å². The first-order valence-corrected chi connectivity index (χ1v) is 7.63. The van der Waals surface area contributed by atoms with Crippen LogP contribution in [0.2, 0.25) is 0 Å². The summed E-state index contributed by atoms with van der Waals surface area (Å²) < 4.78 is 1.71. The Morgan fingerprint density at radius 3 is 2.83 bits per heavy atom. The van der Waals surface area contributed by atoms with Gasteiger partial charge < -0.3 is 16.4 Å². The number of nitrogens with two attached hydrogens (primary N) is 1. The first-order chi connectivity index (χ1) is 11.6. The molecular formula is C16H20N8.